The SMILES string of the molecule is COc1ccc(NC(=O)C2(c3ccc(C)cc3)CCCCC2)cc1C#N. The maximum Gasteiger partial charge on any atom is 0.235 e. The second-order valence-electron chi connectivity index (χ2n) is 6.99. The molecule has 2 aromatic carbocycles. The zero-order chi connectivity index (χ0) is 18.6. The van der Waals surface area contributed by atoms with Gasteiger partial charge in [-0.3, -0.25) is 4.79 Å². The number of carbonyl (C=O) groups is 1. The van der Waals surface area contributed by atoms with Crippen LogP contribution < -0.4 is 10.1 Å². The van der Waals surface area contributed by atoms with Gasteiger partial charge in [0.25, 0.3) is 0 Å². The summed E-state index contributed by atoms with van der Waals surface area (Å²) in [4.78, 5) is 13.3. The van der Waals surface area contributed by atoms with E-state index in [4.69, 9.17) is 4.74 Å². The molecule has 1 saturated carbocycles. The van der Waals surface area contributed by atoms with Crippen LogP contribution in [0.15, 0.2) is 42.5 Å². The number of benzene rings is 2. The predicted molar refractivity (Wildman–Crippen MR) is 102 cm³/mol. The lowest BCUT2D eigenvalue weighted by Crippen LogP contribution is -2.42. The van der Waals surface area contributed by atoms with Crippen molar-refractivity contribution in [3.63, 3.8) is 0 Å². The molecule has 4 heteroatoms. The molecule has 1 amide bonds. The predicted octanol–water partition coefficient (Wildman–Crippen LogP) is 4.72. The van der Waals surface area contributed by atoms with Gasteiger partial charge in [0.1, 0.15) is 11.8 Å². The number of hydrogen-bond acceptors (Lipinski definition) is 3. The summed E-state index contributed by atoms with van der Waals surface area (Å²) in [5.74, 6) is 0.520. The van der Waals surface area contributed by atoms with E-state index in [-0.39, 0.29) is 5.91 Å². The maximum atomic E-state index is 13.3. The molecule has 134 valence electrons. The maximum absolute atomic E-state index is 13.3. The summed E-state index contributed by atoms with van der Waals surface area (Å²) in [7, 11) is 1.53. The molecule has 1 aliphatic rings. The van der Waals surface area contributed by atoms with E-state index in [0.29, 0.717) is 17.0 Å². The lowest BCUT2D eigenvalue weighted by atomic mass is 9.68. The van der Waals surface area contributed by atoms with Gasteiger partial charge in [0.15, 0.2) is 0 Å². The van der Waals surface area contributed by atoms with Gasteiger partial charge in [0.05, 0.1) is 18.1 Å². The van der Waals surface area contributed by atoms with Crippen molar-refractivity contribution in [2.75, 3.05) is 12.4 Å². The Morgan fingerprint density at radius 1 is 1.12 bits per heavy atom. The highest BCUT2D eigenvalue weighted by molar-refractivity contribution is 5.99. The third-order valence-corrected chi connectivity index (χ3v) is 5.32. The van der Waals surface area contributed by atoms with E-state index in [2.05, 4.69) is 42.6 Å². The van der Waals surface area contributed by atoms with Crippen LogP contribution in [0, 0.1) is 18.3 Å². The van der Waals surface area contributed by atoms with Gasteiger partial charge in [0, 0.05) is 5.69 Å². The molecule has 0 atom stereocenters. The lowest BCUT2D eigenvalue weighted by molar-refractivity contribution is -0.122. The highest BCUT2D eigenvalue weighted by Gasteiger charge is 2.41. The molecule has 0 heterocycles. The number of hydrogen-bond donors (Lipinski definition) is 1. The van der Waals surface area contributed by atoms with Crippen LogP contribution in [0.25, 0.3) is 0 Å². The van der Waals surface area contributed by atoms with Crippen LogP contribution in [0.4, 0.5) is 5.69 Å². The number of nitrogens with zero attached hydrogens (tertiary/aromatic N) is 1. The zero-order valence-corrected chi connectivity index (χ0v) is 15.3. The number of ether oxygens (including phenoxy) is 1. The normalized spacial score (nSPS) is 15.7. The van der Waals surface area contributed by atoms with Gasteiger partial charge in [-0.25, -0.2) is 0 Å². The highest BCUT2D eigenvalue weighted by Crippen LogP contribution is 2.40. The van der Waals surface area contributed by atoms with Gasteiger partial charge in [-0.05, 0) is 43.5 Å². The van der Waals surface area contributed by atoms with Crippen molar-refractivity contribution in [3.8, 4) is 11.8 Å². The van der Waals surface area contributed by atoms with E-state index < -0.39 is 5.41 Å². The summed E-state index contributed by atoms with van der Waals surface area (Å²) in [5.41, 5.74) is 2.81. The Hall–Kier alpha value is -2.80. The van der Waals surface area contributed by atoms with Gasteiger partial charge in [-0.1, -0.05) is 49.1 Å². The van der Waals surface area contributed by atoms with Crippen LogP contribution in [0.5, 0.6) is 5.75 Å². The van der Waals surface area contributed by atoms with Crippen molar-refractivity contribution in [2.24, 2.45) is 0 Å². The van der Waals surface area contributed by atoms with Gasteiger partial charge in [-0.15, -0.1) is 0 Å². The van der Waals surface area contributed by atoms with Crippen molar-refractivity contribution in [2.45, 2.75) is 44.4 Å². The summed E-state index contributed by atoms with van der Waals surface area (Å²) in [6.45, 7) is 2.05. The molecular formula is C22H24N2O2. The van der Waals surface area contributed by atoms with Crippen LogP contribution in [-0.4, -0.2) is 13.0 Å². The monoisotopic (exact) mass is 348 g/mol. The Kier molecular flexibility index (Phi) is 5.27. The van der Waals surface area contributed by atoms with E-state index in [9.17, 15) is 10.1 Å². The molecule has 0 radical (unpaired) electrons. The van der Waals surface area contributed by atoms with E-state index in [0.717, 1.165) is 31.2 Å². The Morgan fingerprint density at radius 2 is 1.81 bits per heavy atom. The average molecular weight is 348 g/mol. The first kappa shape index (κ1) is 18.0. The first-order chi connectivity index (χ1) is 12.6. The van der Waals surface area contributed by atoms with Crippen LogP contribution in [0.3, 0.4) is 0 Å². The fourth-order valence-electron chi connectivity index (χ4n) is 3.80. The minimum Gasteiger partial charge on any atom is -0.495 e. The zero-order valence-electron chi connectivity index (χ0n) is 15.3. The Labute approximate surface area is 154 Å². The number of nitriles is 1. The number of aryl methyl sites for hydroxylation is 1. The molecule has 26 heavy (non-hydrogen) atoms. The molecule has 0 spiro atoms. The van der Waals surface area contributed by atoms with Gasteiger partial charge in [-0.2, -0.15) is 5.26 Å². The highest BCUT2D eigenvalue weighted by atomic mass is 16.5. The fraction of sp³-hybridized carbons (Fsp3) is 0.364. The molecule has 1 aliphatic carbocycles. The molecular weight excluding hydrogens is 324 g/mol. The minimum absolute atomic E-state index is 0.00936. The Morgan fingerprint density at radius 3 is 2.42 bits per heavy atom. The van der Waals surface area contributed by atoms with E-state index in [1.165, 1.54) is 19.1 Å². The first-order valence-corrected chi connectivity index (χ1v) is 9.06. The molecule has 0 saturated heterocycles. The van der Waals surface area contributed by atoms with Crippen molar-refractivity contribution in [1.82, 2.24) is 0 Å². The topological polar surface area (TPSA) is 62.1 Å². The van der Waals surface area contributed by atoms with E-state index >= 15 is 0 Å². The molecule has 1 N–H and O–H groups in total. The summed E-state index contributed by atoms with van der Waals surface area (Å²) in [6, 6.07) is 15.6. The third-order valence-electron chi connectivity index (χ3n) is 5.32. The standard InChI is InChI=1S/C22H24N2O2/c1-16-6-8-18(9-7-16)22(12-4-3-5-13-22)21(25)24-19-10-11-20(26-2)17(14-19)15-23/h6-11,14H,3-5,12-13H2,1-2H3,(H,24,25). The van der Waals surface area contributed by atoms with Crippen LogP contribution >= 0.6 is 0 Å². The average Bonchev–Trinajstić information content (AvgIpc) is 2.68. The number of nitrogens with one attached hydrogen (secondary N) is 1. The van der Waals surface area contributed by atoms with E-state index in [1.807, 2.05) is 0 Å². The van der Waals surface area contributed by atoms with Gasteiger partial charge >= 0.3 is 0 Å². The second kappa shape index (κ2) is 7.61. The molecule has 0 unspecified atom stereocenters. The smallest absolute Gasteiger partial charge is 0.235 e. The second-order valence-corrected chi connectivity index (χ2v) is 6.99. The van der Waals surface area contributed by atoms with Gasteiger partial charge < -0.3 is 10.1 Å². The van der Waals surface area contributed by atoms with Crippen molar-refractivity contribution >= 4 is 11.6 Å². The molecule has 4 nitrogen and oxygen atoms in total. The quantitative estimate of drug-likeness (QED) is 0.870. The summed E-state index contributed by atoms with van der Waals surface area (Å²) >= 11 is 0. The molecule has 0 aliphatic heterocycles. The molecule has 1 fully saturated rings. The number of methoxy groups -OCH3 is 1. The Bertz CT molecular complexity index is 828. The first-order valence-electron chi connectivity index (χ1n) is 9.06. The lowest BCUT2D eigenvalue weighted by Gasteiger charge is -2.36. The number of carbonyl (C=O) groups excluding carboxylic acids is 1. The molecule has 3 rings (SSSR count). The van der Waals surface area contributed by atoms with Crippen LogP contribution in [0.1, 0.15) is 48.8 Å². The Balaban J connectivity index is 1.92. The van der Waals surface area contributed by atoms with Crippen molar-refractivity contribution in [1.29, 1.82) is 5.26 Å². The van der Waals surface area contributed by atoms with Crippen LogP contribution in [0.2, 0.25) is 0 Å². The number of rotatable bonds is 4. The minimum atomic E-state index is -0.501. The van der Waals surface area contributed by atoms with Crippen molar-refractivity contribution in [3.05, 3.63) is 59.2 Å². The fourth-order valence-corrected chi connectivity index (χ4v) is 3.80. The van der Waals surface area contributed by atoms with Crippen molar-refractivity contribution < 1.29 is 9.53 Å². The van der Waals surface area contributed by atoms with E-state index in [1.54, 1.807) is 18.2 Å². The number of amides is 1. The summed E-state index contributed by atoms with van der Waals surface area (Å²) in [5, 5.41) is 12.3. The van der Waals surface area contributed by atoms with Crippen LogP contribution in [-0.2, 0) is 10.2 Å². The summed E-state index contributed by atoms with van der Waals surface area (Å²) < 4.78 is 5.18. The molecule has 0 aromatic heterocycles. The largest absolute Gasteiger partial charge is 0.495 e. The van der Waals surface area contributed by atoms with Gasteiger partial charge in [0.2, 0.25) is 5.91 Å². The number of anilines is 1. The summed E-state index contributed by atoms with van der Waals surface area (Å²) in [6.07, 6.45) is 4.97. The molecule has 0 bridgehead atoms. The molecule has 2 aromatic rings. The third kappa shape index (κ3) is 3.43.